The van der Waals surface area contributed by atoms with Gasteiger partial charge in [-0.25, -0.2) is 9.97 Å². The van der Waals surface area contributed by atoms with E-state index in [2.05, 4.69) is 39.5 Å². The maximum Gasteiger partial charge on any atom is 0.171 e. The molecular formula is C11H11ClIN3S. The van der Waals surface area contributed by atoms with Crippen LogP contribution in [-0.2, 0) is 6.42 Å². The Morgan fingerprint density at radius 3 is 2.76 bits per heavy atom. The smallest absolute Gasteiger partial charge is 0.171 e. The zero-order chi connectivity index (χ0) is 12.4. The van der Waals surface area contributed by atoms with Crippen LogP contribution in [-0.4, -0.2) is 9.97 Å². The first-order chi connectivity index (χ1) is 8.11. The zero-order valence-electron chi connectivity index (χ0n) is 9.20. The van der Waals surface area contributed by atoms with Gasteiger partial charge in [0, 0.05) is 0 Å². The van der Waals surface area contributed by atoms with E-state index in [-0.39, 0.29) is 0 Å². The van der Waals surface area contributed by atoms with Crippen molar-refractivity contribution in [1.29, 1.82) is 0 Å². The molecule has 3 nitrogen and oxygen atoms in total. The SMILES string of the molecule is CCCc1nc(-c2ccc(Cl)s2)nc(N)c1I. The van der Waals surface area contributed by atoms with Crippen molar-refractivity contribution in [2.75, 3.05) is 5.73 Å². The topological polar surface area (TPSA) is 51.8 Å². The van der Waals surface area contributed by atoms with Crippen molar-refractivity contribution in [2.24, 2.45) is 0 Å². The molecule has 90 valence electrons. The average molecular weight is 380 g/mol. The van der Waals surface area contributed by atoms with Crippen LogP contribution < -0.4 is 5.73 Å². The summed E-state index contributed by atoms with van der Waals surface area (Å²) in [5, 5.41) is 0. The van der Waals surface area contributed by atoms with Crippen LogP contribution in [0.25, 0.3) is 10.7 Å². The third-order valence-corrected chi connectivity index (χ3v) is 4.63. The van der Waals surface area contributed by atoms with Gasteiger partial charge in [0.05, 0.1) is 18.5 Å². The normalized spacial score (nSPS) is 10.8. The Morgan fingerprint density at radius 2 is 2.18 bits per heavy atom. The first-order valence-corrected chi connectivity index (χ1v) is 7.46. The summed E-state index contributed by atoms with van der Waals surface area (Å²) in [6.45, 7) is 2.12. The number of nitrogens with two attached hydrogens (primary N) is 1. The fourth-order valence-corrected chi connectivity index (χ4v) is 2.95. The number of nitrogens with zero attached hydrogens (tertiary/aromatic N) is 2. The number of halogens is 2. The van der Waals surface area contributed by atoms with Crippen molar-refractivity contribution in [3.8, 4) is 10.7 Å². The molecule has 0 aromatic carbocycles. The lowest BCUT2D eigenvalue weighted by Crippen LogP contribution is -2.04. The summed E-state index contributed by atoms with van der Waals surface area (Å²) in [6.07, 6.45) is 1.95. The first kappa shape index (κ1) is 13.0. The van der Waals surface area contributed by atoms with Crippen molar-refractivity contribution in [3.05, 3.63) is 25.7 Å². The molecule has 0 bridgehead atoms. The highest BCUT2D eigenvalue weighted by Crippen LogP contribution is 2.30. The molecule has 0 atom stereocenters. The molecule has 6 heteroatoms. The molecule has 17 heavy (non-hydrogen) atoms. The molecule has 0 fully saturated rings. The minimum absolute atomic E-state index is 0.545. The van der Waals surface area contributed by atoms with Crippen LogP contribution in [0.15, 0.2) is 12.1 Å². The molecule has 0 aliphatic rings. The summed E-state index contributed by atoms with van der Waals surface area (Å²) < 4.78 is 1.69. The van der Waals surface area contributed by atoms with Crippen LogP contribution in [0.1, 0.15) is 19.0 Å². The van der Waals surface area contributed by atoms with Crippen LogP contribution >= 0.6 is 45.5 Å². The van der Waals surface area contributed by atoms with Crippen LogP contribution in [0.2, 0.25) is 4.34 Å². The molecule has 2 heterocycles. The Hall–Kier alpha value is -0.400. The molecule has 0 saturated carbocycles. The summed E-state index contributed by atoms with van der Waals surface area (Å²) >= 11 is 9.57. The number of aromatic nitrogens is 2. The predicted octanol–water partition coefficient (Wildman–Crippen LogP) is 4.00. The lowest BCUT2D eigenvalue weighted by molar-refractivity contribution is 0.870. The van der Waals surface area contributed by atoms with E-state index in [1.165, 1.54) is 11.3 Å². The summed E-state index contributed by atoms with van der Waals surface area (Å²) in [4.78, 5) is 9.82. The van der Waals surface area contributed by atoms with E-state index in [1.807, 2.05) is 12.1 Å². The van der Waals surface area contributed by atoms with Gasteiger partial charge in [0.1, 0.15) is 5.82 Å². The van der Waals surface area contributed by atoms with E-state index in [0.717, 1.165) is 31.3 Å². The lowest BCUT2D eigenvalue weighted by atomic mass is 10.2. The molecular weight excluding hydrogens is 369 g/mol. The minimum atomic E-state index is 0.545. The van der Waals surface area contributed by atoms with Crippen molar-refractivity contribution in [2.45, 2.75) is 19.8 Å². The maximum absolute atomic E-state index is 5.91. The lowest BCUT2D eigenvalue weighted by Gasteiger charge is -2.06. The van der Waals surface area contributed by atoms with Gasteiger partial charge >= 0.3 is 0 Å². The zero-order valence-corrected chi connectivity index (χ0v) is 12.9. The second-order valence-electron chi connectivity index (χ2n) is 3.55. The van der Waals surface area contributed by atoms with Gasteiger partial charge in [-0.1, -0.05) is 24.9 Å². The molecule has 2 rings (SSSR count). The second kappa shape index (κ2) is 5.49. The molecule has 0 spiro atoms. The molecule has 0 radical (unpaired) electrons. The summed E-state index contributed by atoms with van der Waals surface area (Å²) in [5.41, 5.74) is 6.92. The highest BCUT2D eigenvalue weighted by molar-refractivity contribution is 14.1. The standard InChI is InChI=1S/C11H11ClIN3S/c1-2-3-6-9(13)10(14)16-11(15-6)7-4-5-8(12)17-7/h4-5H,2-3H2,1H3,(H2,14,15,16). The Kier molecular flexibility index (Phi) is 4.22. The fraction of sp³-hybridized carbons (Fsp3) is 0.273. The number of hydrogen-bond acceptors (Lipinski definition) is 4. The van der Waals surface area contributed by atoms with Crippen LogP contribution in [0.3, 0.4) is 0 Å². The molecule has 0 aliphatic carbocycles. The Morgan fingerprint density at radius 1 is 1.41 bits per heavy atom. The molecule has 2 N–H and O–H groups in total. The largest absolute Gasteiger partial charge is 0.383 e. The number of aryl methyl sites for hydroxylation is 1. The van der Waals surface area contributed by atoms with Gasteiger partial charge in [0.2, 0.25) is 0 Å². The molecule has 0 saturated heterocycles. The monoisotopic (exact) mass is 379 g/mol. The van der Waals surface area contributed by atoms with E-state index in [1.54, 1.807) is 0 Å². The number of anilines is 1. The van der Waals surface area contributed by atoms with Gasteiger partial charge in [0.25, 0.3) is 0 Å². The quantitative estimate of drug-likeness (QED) is 0.820. The van der Waals surface area contributed by atoms with Crippen LogP contribution in [0, 0.1) is 3.57 Å². The van der Waals surface area contributed by atoms with Gasteiger partial charge in [0.15, 0.2) is 5.82 Å². The minimum Gasteiger partial charge on any atom is -0.383 e. The number of hydrogen-bond donors (Lipinski definition) is 1. The van der Waals surface area contributed by atoms with Crippen molar-refractivity contribution in [3.63, 3.8) is 0 Å². The molecule has 2 aromatic rings. The first-order valence-electron chi connectivity index (χ1n) is 5.19. The summed E-state index contributed by atoms with van der Waals surface area (Å²) in [6, 6.07) is 3.77. The Balaban J connectivity index is 2.48. The molecule has 2 aromatic heterocycles. The third-order valence-electron chi connectivity index (χ3n) is 2.23. The summed E-state index contributed by atoms with van der Waals surface area (Å²) in [7, 11) is 0. The third kappa shape index (κ3) is 2.89. The van der Waals surface area contributed by atoms with E-state index in [0.29, 0.717) is 11.6 Å². The number of rotatable bonds is 3. The Bertz CT molecular complexity index is 542. The second-order valence-corrected chi connectivity index (χ2v) is 6.34. The van der Waals surface area contributed by atoms with Gasteiger partial charge in [-0.3, -0.25) is 0 Å². The van der Waals surface area contributed by atoms with Crippen molar-refractivity contribution < 1.29 is 0 Å². The Labute approximate surface area is 123 Å². The maximum atomic E-state index is 5.91. The van der Waals surface area contributed by atoms with E-state index in [9.17, 15) is 0 Å². The number of thiophene rings is 1. The molecule has 0 aliphatic heterocycles. The van der Waals surface area contributed by atoms with Crippen LogP contribution in [0.4, 0.5) is 5.82 Å². The van der Waals surface area contributed by atoms with E-state index < -0.39 is 0 Å². The number of nitrogen functional groups attached to an aromatic ring is 1. The fourth-order valence-electron chi connectivity index (χ4n) is 1.46. The molecule has 0 amide bonds. The van der Waals surface area contributed by atoms with Crippen LogP contribution in [0.5, 0.6) is 0 Å². The predicted molar refractivity (Wildman–Crippen MR) is 81.5 cm³/mol. The van der Waals surface area contributed by atoms with Crippen molar-refractivity contribution in [1.82, 2.24) is 9.97 Å². The highest BCUT2D eigenvalue weighted by Gasteiger charge is 2.12. The van der Waals surface area contributed by atoms with Gasteiger partial charge < -0.3 is 5.73 Å². The highest BCUT2D eigenvalue weighted by atomic mass is 127. The van der Waals surface area contributed by atoms with E-state index >= 15 is 0 Å². The average Bonchev–Trinajstić information content (AvgIpc) is 2.71. The van der Waals surface area contributed by atoms with Crippen molar-refractivity contribution >= 4 is 51.3 Å². The molecule has 0 unspecified atom stereocenters. The van der Waals surface area contributed by atoms with Gasteiger partial charge in [-0.05, 0) is 41.1 Å². The van der Waals surface area contributed by atoms with E-state index in [4.69, 9.17) is 17.3 Å². The summed E-state index contributed by atoms with van der Waals surface area (Å²) in [5.74, 6) is 1.21. The van der Waals surface area contributed by atoms with Gasteiger partial charge in [-0.2, -0.15) is 0 Å². The van der Waals surface area contributed by atoms with Gasteiger partial charge in [-0.15, -0.1) is 11.3 Å².